The van der Waals surface area contributed by atoms with E-state index in [0.29, 0.717) is 23.0 Å². The van der Waals surface area contributed by atoms with E-state index < -0.39 is 0 Å². The number of fused-ring (bicyclic) bond motifs is 1. The van der Waals surface area contributed by atoms with Gasteiger partial charge in [-0.2, -0.15) is 0 Å². The second-order valence-corrected chi connectivity index (χ2v) is 6.18. The van der Waals surface area contributed by atoms with Crippen LogP contribution in [0.5, 0.6) is 0 Å². The van der Waals surface area contributed by atoms with E-state index >= 15 is 0 Å². The number of aromatic nitrogens is 1. The van der Waals surface area contributed by atoms with Gasteiger partial charge in [0.15, 0.2) is 5.76 Å². The van der Waals surface area contributed by atoms with Gasteiger partial charge in [-0.25, -0.2) is 4.79 Å². The quantitative estimate of drug-likeness (QED) is 0.811. The Hall–Kier alpha value is -2.34. The molecule has 2 aliphatic rings. The zero-order valence-electron chi connectivity index (χ0n) is 12.2. The molecule has 4 rings (SSSR count). The minimum atomic E-state index is -0.291. The van der Waals surface area contributed by atoms with Crippen molar-refractivity contribution in [3.8, 4) is 11.3 Å². The second kappa shape index (κ2) is 5.38. The molecule has 1 aromatic carbocycles. The van der Waals surface area contributed by atoms with Crippen molar-refractivity contribution in [3.05, 3.63) is 41.1 Å². The number of imide groups is 1. The third-order valence-corrected chi connectivity index (χ3v) is 4.55. The Labute approximate surface area is 137 Å². The van der Waals surface area contributed by atoms with Gasteiger partial charge in [-0.15, -0.1) is 0 Å². The third-order valence-electron chi connectivity index (χ3n) is 4.29. The van der Waals surface area contributed by atoms with Gasteiger partial charge in [-0.05, 0) is 25.0 Å². The van der Waals surface area contributed by atoms with Crippen LogP contribution in [0.1, 0.15) is 18.6 Å². The molecule has 2 fully saturated rings. The van der Waals surface area contributed by atoms with Gasteiger partial charge in [-0.1, -0.05) is 28.9 Å². The molecule has 1 aromatic heterocycles. The molecular weight excluding hydrogens is 318 g/mol. The van der Waals surface area contributed by atoms with Gasteiger partial charge < -0.3 is 9.42 Å². The van der Waals surface area contributed by atoms with Crippen LogP contribution in [-0.2, 0) is 11.3 Å². The summed E-state index contributed by atoms with van der Waals surface area (Å²) in [4.78, 5) is 27.5. The molecule has 7 heteroatoms. The molecule has 1 atom stereocenters. The second-order valence-electron chi connectivity index (χ2n) is 5.74. The maximum atomic E-state index is 12.3. The Kier molecular flexibility index (Phi) is 3.34. The Bertz CT molecular complexity index is 749. The number of amides is 3. The lowest BCUT2D eigenvalue weighted by Crippen LogP contribution is -2.32. The summed E-state index contributed by atoms with van der Waals surface area (Å²) < 4.78 is 5.28. The molecule has 0 bridgehead atoms. The standard InChI is InChI=1S/C16H14ClN3O3/c17-11-5-3-10(4-6-11)13-8-12(23-18-13)9-20-15(21)14-2-1-7-19(14)16(20)22/h3-6,8,14H,1-2,7,9H2. The van der Waals surface area contributed by atoms with Crippen molar-refractivity contribution in [2.45, 2.75) is 25.4 Å². The van der Waals surface area contributed by atoms with Crippen LogP contribution in [0.25, 0.3) is 11.3 Å². The number of nitrogens with zero attached hydrogens (tertiary/aromatic N) is 3. The predicted octanol–water partition coefficient (Wildman–Crippen LogP) is 2.92. The minimum Gasteiger partial charge on any atom is -0.359 e. The lowest BCUT2D eigenvalue weighted by Gasteiger charge is -2.13. The molecule has 2 aromatic rings. The molecule has 0 spiro atoms. The molecule has 23 heavy (non-hydrogen) atoms. The summed E-state index contributed by atoms with van der Waals surface area (Å²) in [7, 11) is 0. The Morgan fingerprint density at radius 2 is 2.04 bits per heavy atom. The smallest absolute Gasteiger partial charge is 0.327 e. The lowest BCUT2D eigenvalue weighted by atomic mass is 10.1. The van der Waals surface area contributed by atoms with Crippen LogP contribution in [0.15, 0.2) is 34.9 Å². The van der Waals surface area contributed by atoms with Crippen molar-refractivity contribution >= 4 is 23.5 Å². The van der Waals surface area contributed by atoms with Crippen LogP contribution in [0.2, 0.25) is 5.02 Å². The molecule has 2 aliphatic heterocycles. The summed E-state index contributed by atoms with van der Waals surface area (Å²) >= 11 is 5.87. The molecule has 0 N–H and O–H groups in total. The van der Waals surface area contributed by atoms with Gasteiger partial charge in [0.05, 0.1) is 6.54 Å². The van der Waals surface area contributed by atoms with Gasteiger partial charge in [0.2, 0.25) is 0 Å². The van der Waals surface area contributed by atoms with E-state index in [1.54, 1.807) is 23.1 Å². The SMILES string of the molecule is O=C1C2CCCN2C(=O)N1Cc1cc(-c2ccc(Cl)cc2)no1. The number of urea groups is 1. The van der Waals surface area contributed by atoms with Crippen molar-refractivity contribution < 1.29 is 14.1 Å². The van der Waals surface area contributed by atoms with E-state index in [4.69, 9.17) is 16.1 Å². The third kappa shape index (κ3) is 2.39. The molecule has 118 valence electrons. The van der Waals surface area contributed by atoms with Crippen molar-refractivity contribution in [1.82, 2.24) is 15.0 Å². The number of hydrogen-bond acceptors (Lipinski definition) is 4. The zero-order valence-corrected chi connectivity index (χ0v) is 13.0. The fourth-order valence-electron chi connectivity index (χ4n) is 3.13. The number of carbonyl (C=O) groups is 2. The highest BCUT2D eigenvalue weighted by atomic mass is 35.5. The largest absolute Gasteiger partial charge is 0.359 e. The lowest BCUT2D eigenvalue weighted by molar-refractivity contribution is -0.128. The fraction of sp³-hybridized carbons (Fsp3) is 0.312. The van der Waals surface area contributed by atoms with Crippen LogP contribution < -0.4 is 0 Å². The minimum absolute atomic E-state index is 0.116. The molecule has 0 saturated carbocycles. The molecule has 0 radical (unpaired) electrons. The van der Waals surface area contributed by atoms with Crippen LogP contribution >= 0.6 is 11.6 Å². The van der Waals surface area contributed by atoms with Crippen LogP contribution in [0, 0.1) is 0 Å². The molecule has 0 aliphatic carbocycles. The maximum absolute atomic E-state index is 12.3. The molecular formula is C16H14ClN3O3. The zero-order chi connectivity index (χ0) is 16.0. The molecule has 3 amide bonds. The van der Waals surface area contributed by atoms with E-state index in [1.165, 1.54) is 4.90 Å². The first-order valence-corrected chi connectivity index (χ1v) is 7.85. The highest BCUT2D eigenvalue weighted by Gasteiger charge is 2.47. The highest BCUT2D eigenvalue weighted by Crippen LogP contribution is 2.29. The molecule has 6 nitrogen and oxygen atoms in total. The van der Waals surface area contributed by atoms with E-state index in [2.05, 4.69) is 5.16 Å². The summed E-state index contributed by atoms with van der Waals surface area (Å²) in [5, 5.41) is 4.64. The van der Waals surface area contributed by atoms with Gasteiger partial charge in [0.1, 0.15) is 11.7 Å². The van der Waals surface area contributed by atoms with Crippen LogP contribution in [0.3, 0.4) is 0 Å². The number of carbonyl (C=O) groups excluding carboxylic acids is 2. The summed E-state index contributed by atoms with van der Waals surface area (Å²) in [6.45, 7) is 0.767. The van der Waals surface area contributed by atoms with Crippen molar-refractivity contribution in [2.24, 2.45) is 0 Å². The summed E-state index contributed by atoms with van der Waals surface area (Å²) in [6.07, 6.45) is 1.63. The van der Waals surface area contributed by atoms with Crippen LogP contribution in [-0.4, -0.2) is 39.5 Å². The first-order valence-electron chi connectivity index (χ1n) is 7.47. The average Bonchev–Trinajstić information content (AvgIpc) is 3.25. The van der Waals surface area contributed by atoms with Gasteiger partial charge in [0.25, 0.3) is 5.91 Å². The predicted molar refractivity (Wildman–Crippen MR) is 82.6 cm³/mol. The van der Waals surface area contributed by atoms with Crippen molar-refractivity contribution in [3.63, 3.8) is 0 Å². The van der Waals surface area contributed by atoms with E-state index in [-0.39, 0.29) is 24.5 Å². The molecule has 3 heterocycles. The van der Waals surface area contributed by atoms with Gasteiger partial charge in [-0.3, -0.25) is 9.69 Å². The highest BCUT2D eigenvalue weighted by molar-refractivity contribution is 6.30. The van der Waals surface area contributed by atoms with Crippen molar-refractivity contribution in [2.75, 3.05) is 6.54 Å². The first-order chi connectivity index (χ1) is 11.1. The Morgan fingerprint density at radius 3 is 2.78 bits per heavy atom. The van der Waals surface area contributed by atoms with E-state index in [0.717, 1.165) is 18.4 Å². The van der Waals surface area contributed by atoms with Gasteiger partial charge in [0, 0.05) is 23.2 Å². The number of benzene rings is 1. The normalized spacial score (nSPS) is 20.5. The average molecular weight is 332 g/mol. The summed E-state index contributed by atoms with van der Waals surface area (Å²) in [5.41, 5.74) is 1.51. The van der Waals surface area contributed by atoms with E-state index in [1.807, 2.05) is 12.1 Å². The first kappa shape index (κ1) is 14.3. The molecule has 1 unspecified atom stereocenters. The Balaban J connectivity index is 1.53. The molecule has 2 saturated heterocycles. The maximum Gasteiger partial charge on any atom is 0.327 e. The number of rotatable bonds is 3. The summed E-state index contributed by atoms with van der Waals surface area (Å²) in [6, 6.07) is 8.44. The number of halogens is 1. The van der Waals surface area contributed by atoms with Crippen LogP contribution in [0.4, 0.5) is 4.79 Å². The van der Waals surface area contributed by atoms with Gasteiger partial charge >= 0.3 is 6.03 Å². The van der Waals surface area contributed by atoms with Crippen molar-refractivity contribution in [1.29, 1.82) is 0 Å². The topological polar surface area (TPSA) is 66.7 Å². The monoisotopic (exact) mass is 331 g/mol. The van der Waals surface area contributed by atoms with E-state index in [9.17, 15) is 9.59 Å². The fourth-order valence-corrected chi connectivity index (χ4v) is 3.25. The summed E-state index contributed by atoms with van der Waals surface area (Å²) in [5.74, 6) is 0.342. The Morgan fingerprint density at radius 1 is 1.26 bits per heavy atom. The number of hydrogen-bond donors (Lipinski definition) is 0.